The molecule has 3 rings (SSSR count). The number of carbonyl (C=O) groups excluding carboxylic acids is 1. The van der Waals surface area contributed by atoms with Crippen LogP contribution in [0.4, 0.5) is 0 Å². The summed E-state index contributed by atoms with van der Waals surface area (Å²) in [6.45, 7) is 2.10. The highest BCUT2D eigenvalue weighted by Crippen LogP contribution is 2.38. The Balaban J connectivity index is 1.62. The maximum absolute atomic E-state index is 12.3. The molecule has 1 spiro atoms. The summed E-state index contributed by atoms with van der Waals surface area (Å²) >= 11 is 0. The third kappa shape index (κ3) is 2.82. The van der Waals surface area contributed by atoms with Crippen LogP contribution < -0.4 is 0 Å². The largest absolute Gasteiger partial charge is 0.395 e. The summed E-state index contributed by atoms with van der Waals surface area (Å²) in [6, 6.07) is 0. The van der Waals surface area contributed by atoms with Crippen molar-refractivity contribution in [1.82, 2.24) is 0 Å². The number of nitrogens with zero attached hydrogens (tertiary/aromatic N) is 1. The van der Waals surface area contributed by atoms with E-state index in [9.17, 15) is 4.79 Å². The van der Waals surface area contributed by atoms with Crippen molar-refractivity contribution in [3.05, 3.63) is 0 Å². The van der Waals surface area contributed by atoms with Crippen molar-refractivity contribution in [3.8, 4) is 0 Å². The van der Waals surface area contributed by atoms with E-state index in [1.54, 1.807) is 7.11 Å². The Hall–Kier alpha value is -1.06. The molecule has 3 aliphatic rings. The molecule has 1 saturated heterocycles. The molecule has 8 nitrogen and oxygen atoms in total. The van der Waals surface area contributed by atoms with E-state index >= 15 is 0 Å². The van der Waals surface area contributed by atoms with Gasteiger partial charge in [0.15, 0.2) is 5.78 Å². The first kappa shape index (κ1) is 14.9. The minimum absolute atomic E-state index is 0.0261. The number of rotatable bonds is 6. The standard InChI is InChI=1S/C13H19NO7/c1-16-2-3-17-8-18-11-9-7-21-14-12(9)13(6-10(11)15)19-4-5-20-13/h9,11H,2-8H2,1H3/t9-,11-/m1/s1. The molecule has 1 saturated carbocycles. The molecule has 0 aromatic heterocycles. The topological polar surface area (TPSA) is 84.8 Å². The second kappa shape index (κ2) is 6.37. The van der Waals surface area contributed by atoms with Crippen LogP contribution in [0.3, 0.4) is 0 Å². The summed E-state index contributed by atoms with van der Waals surface area (Å²) < 4.78 is 26.9. The average molecular weight is 301 g/mol. The number of fused-ring (bicyclic) bond motifs is 2. The van der Waals surface area contributed by atoms with Gasteiger partial charge in [-0.3, -0.25) is 4.79 Å². The van der Waals surface area contributed by atoms with Crippen LogP contribution in [0.15, 0.2) is 5.16 Å². The van der Waals surface area contributed by atoms with Gasteiger partial charge < -0.3 is 28.5 Å². The Morgan fingerprint density at radius 2 is 2.14 bits per heavy atom. The summed E-state index contributed by atoms with van der Waals surface area (Å²) in [5, 5.41) is 4.01. The highest BCUT2D eigenvalue weighted by atomic mass is 16.7. The van der Waals surface area contributed by atoms with E-state index in [2.05, 4.69) is 5.16 Å². The first-order chi connectivity index (χ1) is 10.3. The van der Waals surface area contributed by atoms with E-state index in [-0.39, 0.29) is 31.5 Å². The molecule has 118 valence electrons. The van der Waals surface area contributed by atoms with Crippen molar-refractivity contribution in [2.45, 2.75) is 18.3 Å². The molecule has 0 aromatic rings. The van der Waals surface area contributed by atoms with Crippen LogP contribution in [0.5, 0.6) is 0 Å². The number of oxime groups is 1. The zero-order valence-corrected chi connectivity index (χ0v) is 11.9. The van der Waals surface area contributed by atoms with Crippen LogP contribution in [0.1, 0.15) is 6.42 Å². The van der Waals surface area contributed by atoms with E-state index in [0.717, 1.165) is 0 Å². The third-order valence-electron chi connectivity index (χ3n) is 3.76. The molecule has 8 heteroatoms. The first-order valence-electron chi connectivity index (χ1n) is 6.96. The van der Waals surface area contributed by atoms with Crippen molar-refractivity contribution in [3.63, 3.8) is 0 Å². The van der Waals surface area contributed by atoms with Crippen LogP contribution in [-0.4, -0.2) is 70.3 Å². The molecule has 1 aliphatic carbocycles. The lowest BCUT2D eigenvalue weighted by molar-refractivity contribution is -0.170. The van der Waals surface area contributed by atoms with Crippen LogP contribution in [0.2, 0.25) is 0 Å². The highest BCUT2D eigenvalue weighted by Gasteiger charge is 2.57. The number of methoxy groups -OCH3 is 1. The maximum atomic E-state index is 12.3. The second-order valence-corrected chi connectivity index (χ2v) is 5.08. The molecule has 0 N–H and O–H groups in total. The van der Waals surface area contributed by atoms with Gasteiger partial charge in [0, 0.05) is 7.11 Å². The molecule has 2 heterocycles. The lowest BCUT2D eigenvalue weighted by Crippen LogP contribution is -2.56. The fourth-order valence-corrected chi connectivity index (χ4v) is 2.80. The fraction of sp³-hybridized carbons (Fsp3) is 0.846. The Labute approximate surface area is 122 Å². The monoisotopic (exact) mass is 301 g/mol. The van der Waals surface area contributed by atoms with Gasteiger partial charge in [0.25, 0.3) is 0 Å². The summed E-state index contributed by atoms with van der Waals surface area (Å²) in [5.74, 6) is -1.41. The predicted octanol–water partition coefficient (Wildman–Crippen LogP) is -0.290. The lowest BCUT2D eigenvalue weighted by Gasteiger charge is -2.36. The van der Waals surface area contributed by atoms with Gasteiger partial charge in [-0.25, -0.2) is 0 Å². The van der Waals surface area contributed by atoms with Gasteiger partial charge in [-0.1, -0.05) is 5.16 Å². The number of hydrogen-bond donors (Lipinski definition) is 0. The Kier molecular flexibility index (Phi) is 4.51. The normalized spacial score (nSPS) is 30.3. The fourth-order valence-electron chi connectivity index (χ4n) is 2.80. The van der Waals surface area contributed by atoms with Gasteiger partial charge in [-0.15, -0.1) is 0 Å². The Morgan fingerprint density at radius 3 is 2.90 bits per heavy atom. The molecule has 21 heavy (non-hydrogen) atoms. The molecule has 2 fully saturated rings. The molecule has 0 unspecified atom stereocenters. The number of hydrogen-bond acceptors (Lipinski definition) is 8. The third-order valence-corrected chi connectivity index (χ3v) is 3.76. The van der Waals surface area contributed by atoms with Crippen molar-refractivity contribution in [1.29, 1.82) is 0 Å². The molecule has 0 aromatic carbocycles. The number of ether oxygens (including phenoxy) is 5. The minimum atomic E-state index is -1.05. The predicted molar refractivity (Wildman–Crippen MR) is 68.7 cm³/mol. The summed E-state index contributed by atoms with van der Waals surface area (Å²) in [5.41, 5.74) is 0.612. The number of Topliss-reactive ketones (excluding diaryl/α,β-unsaturated/α-hetero) is 1. The maximum Gasteiger partial charge on any atom is 0.219 e. The van der Waals surface area contributed by atoms with Gasteiger partial charge in [0.05, 0.1) is 38.8 Å². The molecule has 2 atom stereocenters. The summed E-state index contributed by atoms with van der Waals surface area (Å²) in [7, 11) is 1.59. The van der Waals surface area contributed by atoms with Crippen molar-refractivity contribution in [2.24, 2.45) is 11.1 Å². The van der Waals surface area contributed by atoms with E-state index in [1.807, 2.05) is 0 Å². The summed E-state index contributed by atoms with van der Waals surface area (Å²) in [4.78, 5) is 17.5. The number of carbonyl (C=O) groups is 1. The molecular weight excluding hydrogens is 282 g/mol. The lowest BCUT2D eigenvalue weighted by atomic mass is 9.80. The Bertz CT molecular complexity index is 419. The van der Waals surface area contributed by atoms with E-state index in [1.165, 1.54) is 0 Å². The zero-order valence-electron chi connectivity index (χ0n) is 11.9. The molecule has 0 radical (unpaired) electrons. The zero-order chi connectivity index (χ0) is 14.7. The van der Waals surface area contributed by atoms with Gasteiger partial charge in [0.1, 0.15) is 25.2 Å². The SMILES string of the molecule is COCCOCO[C@H]1C(=O)CC2(OCCO2)C2=NOC[C@@H]21. The van der Waals surface area contributed by atoms with Gasteiger partial charge in [-0.05, 0) is 0 Å². The molecule has 0 amide bonds. The van der Waals surface area contributed by atoms with Crippen LogP contribution >= 0.6 is 0 Å². The Morgan fingerprint density at radius 1 is 1.33 bits per heavy atom. The molecular formula is C13H19NO7. The second-order valence-electron chi connectivity index (χ2n) is 5.08. The van der Waals surface area contributed by atoms with Crippen LogP contribution in [0.25, 0.3) is 0 Å². The highest BCUT2D eigenvalue weighted by molar-refractivity contribution is 6.05. The van der Waals surface area contributed by atoms with Gasteiger partial charge in [0.2, 0.25) is 5.79 Å². The minimum Gasteiger partial charge on any atom is -0.395 e. The van der Waals surface area contributed by atoms with E-state index < -0.39 is 11.9 Å². The quantitative estimate of drug-likeness (QED) is 0.492. The number of ketones is 1. The average Bonchev–Trinajstić information content (AvgIpc) is 3.11. The van der Waals surface area contributed by atoms with Crippen molar-refractivity contribution >= 4 is 11.5 Å². The van der Waals surface area contributed by atoms with Crippen molar-refractivity contribution < 1.29 is 33.3 Å². The van der Waals surface area contributed by atoms with Gasteiger partial charge in [-0.2, -0.15) is 0 Å². The molecule has 0 bridgehead atoms. The van der Waals surface area contributed by atoms with E-state index in [0.29, 0.717) is 32.1 Å². The molecule has 2 aliphatic heterocycles. The summed E-state index contributed by atoms with van der Waals surface area (Å²) in [6.07, 6.45) is -0.541. The first-order valence-corrected chi connectivity index (χ1v) is 6.96. The van der Waals surface area contributed by atoms with Crippen molar-refractivity contribution in [2.75, 3.05) is 46.9 Å². The van der Waals surface area contributed by atoms with Crippen LogP contribution in [-0.2, 0) is 33.3 Å². The van der Waals surface area contributed by atoms with Crippen LogP contribution in [0, 0.1) is 5.92 Å². The van der Waals surface area contributed by atoms with E-state index in [4.69, 9.17) is 28.5 Å². The van der Waals surface area contributed by atoms with Gasteiger partial charge >= 0.3 is 0 Å². The smallest absolute Gasteiger partial charge is 0.219 e.